The minimum absolute atomic E-state index is 0.0112. The van der Waals surface area contributed by atoms with E-state index in [0.29, 0.717) is 30.0 Å². The topological polar surface area (TPSA) is 287 Å². The van der Waals surface area contributed by atoms with Gasteiger partial charge in [0.05, 0.1) is 18.2 Å². The van der Waals surface area contributed by atoms with Crippen LogP contribution in [-0.4, -0.2) is 101 Å². The van der Waals surface area contributed by atoms with Crippen molar-refractivity contribution in [2.45, 2.75) is 62.9 Å². The Morgan fingerprint density at radius 2 is 1.59 bits per heavy atom. The van der Waals surface area contributed by atoms with Crippen LogP contribution in [0.4, 0.5) is 0 Å². The van der Waals surface area contributed by atoms with Crippen molar-refractivity contribution in [1.82, 2.24) is 26.2 Å². The molecule has 17 nitrogen and oxygen atoms in total. The Morgan fingerprint density at radius 1 is 0.909 bits per heavy atom. The molecule has 0 unspecified atom stereocenters. The Labute approximate surface area is 401 Å². The quantitative estimate of drug-likeness (QED) is 0.0359. The third-order valence-electron chi connectivity index (χ3n) is 10.7. The van der Waals surface area contributed by atoms with Crippen molar-refractivity contribution in [2.24, 2.45) is 22.9 Å². The standard InChI is InChI=1S/C47H53ClIN9O8/c1-26(41(49)60)54-44(62)37-23-27-8-17-38(59)34(22-27)35-25-32(24-31(6-5-19-51)40(35)66-21-20-52)39(45(63)57-42(53)46(64)56-37)58(2)47(65)36(7-3-4-18-50)55-43(61)30-11-9-28(10-12-30)29-13-15-33(48)16-14-29/h8-17,22,24-26,36-37,39,42,59H,3-4,7,18-21,23,50-53H2,1-2H3,(H,54,62)(H,55,61)(H,56,64)(H,57,63)/t26-,36-,37-,39-,42+/m0/s1. The zero-order valence-corrected chi connectivity index (χ0v) is 39.3. The van der Waals surface area contributed by atoms with Gasteiger partial charge < -0.3 is 58.9 Å². The second-order valence-corrected chi connectivity index (χ2v) is 17.0. The van der Waals surface area contributed by atoms with Crippen molar-refractivity contribution in [3.05, 3.63) is 106 Å². The molecule has 0 saturated carbocycles. The number of rotatable bonds is 15. The summed E-state index contributed by atoms with van der Waals surface area (Å²) in [5, 5.41) is 22.5. The van der Waals surface area contributed by atoms with Crippen molar-refractivity contribution < 1.29 is 38.6 Å². The molecule has 0 aliphatic carbocycles. The van der Waals surface area contributed by atoms with E-state index >= 15 is 0 Å². The van der Waals surface area contributed by atoms with Gasteiger partial charge in [0.15, 0.2) is 6.17 Å². The Kier molecular flexibility index (Phi) is 18.4. The predicted molar refractivity (Wildman–Crippen MR) is 259 cm³/mol. The minimum Gasteiger partial charge on any atom is -0.507 e. The third kappa shape index (κ3) is 13.0. The molecule has 19 heteroatoms. The highest BCUT2D eigenvalue weighted by atomic mass is 127. The molecule has 4 aromatic carbocycles. The largest absolute Gasteiger partial charge is 0.507 e. The van der Waals surface area contributed by atoms with Crippen molar-refractivity contribution in [3.8, 4) is 45.6 Å². The SMILES string of the molecule is C[C@H](NC(=O)[C@@H]1Cc2ccc(O)c(c2)-c2cc(cc(C#CCN)c2OCCN)[C@H](N(C)C(=O)[C@H](CCCCN)NC(=O)c2ccc(-c3ccc(Cl)cc3)cc2)C(=O)N[C@@H](N)C(=O)N1)C(=O)I. The smallest absolute Gasteiger partial charge is 0.258 e. The molecule has 1 aliphatic heterocycles. The molecule has 5 rings (SSSR count). The number of nitrogens with two attached hydrogens (primary N) is 4. The van der Waals surface area contributed by atoms with Crippen LogP contribution in [0.25, 0.3) is 22.3 Å². The Bertz CT molecular complexity index is 2500. The van der Waals surface area contributed by atoms with Crippen LogP contribution in [0.5, 0.6) is 11.5 Å². The summed E-state index contributed by atoms with van der Waals surface area (Å²) >= 11 is 7.61. The van der Waals surface area contributed by atoms with E-state index in [1.165, 1.54) is 32.2 Å². The lowest BCUT2D eigenvalue weighted by atomic mass is 9.91. The lowest BCUT2D eigenvalue weighted by molar-refractivity contribution is -0.141. The zero-order chi connectivity index (χ0) is 48.1. The minimum atomic E-state index is -1.76. The molecule has 13 N–H and O–H groups in total. The van der Waals surface area contributed by atoms with E-state index in [9.17, 15) is 33.9 Å². The molecule has 0 fully saturated rings. The number of halogens is 2. The second kappa shape index (κ2) is 23.9. The van der Waals surface area contributed by atoms with Gasteiger partial charge >= 0.3 is 0 Å². The maximum absolute atomic E-state index is 14.8. The lowest BCUT2D eigenvalue weighted by Crippen LogP contribution is -2.60. The van der Waals surface area contributed by atoms with Gasteiger partial charge in [0.25, 0.3) is 11.8 Å². The summed E-state index contributed by atoms with van der Waals surface area (Å²) in [6.45, 7) is 1.84. The highest BCUT2D eigenvalue weighted by molar-refractivity contribution is 14.1. The normalized spacial score (nSPS) is 16.8. The first kappa shape index (κ1) is 50.9. The van der Waals surface area contributed by atoms with Crippen LogP contribution in [-0.2, 0) is 30.4 Å². The Morgan fingerprint density at radius 3 is 2.23 bits per heavy atom. The zero-order valence-electron chi connectivity index (χ0n) is 36.4. The highest BCUT2D eigenvalue weighted by Gasteiger charge is 2.37. The van der Waals surface area contributed by atoms with Gasteiger partial charge in [-0.05, 0) is 104 Å². The summed E-state index contributed by atoms with van der Waals surface area (Å²) < 4.78 is 5.80. The monoisotopic (exact) mass is 1030 g/mol. The molecule has 0 spiro atoms. The molecular formula is C47H53ClIN9O8. The number of nitrogens with zero attached hydrogens (tertiary/aromatic N) is 1. The Balaban J connectivity index is 1.64. The fourth-order valence-electron chi connectivity index (χ4n) is 7.24. The summed E-state index contributed by atoms with van der Waals surface area (Å²) in [5.41, 5.74) is 27.0. The summed E-state index contributed by atoms with van der Waals surface area (Å²) in [6.07, 6.45) is -0.806. The Hall–Kier alpha value is -6.08. The summed E-state index contributed by atoms with van der Waals surface area (Å²) in [5.74, 6) is 1.85. The summed E-state index contributed by atoms with van der Waals surface area (Å²) in [7, 11) is 1.36. The lowest BCUT2D eigenvalue weighted by Gasteiger charge is -2.33. The number of benzene rings is 4. The van der Waals surface area contributed by atoms with E-state index in [0.717, 1.165) is 16.0 Å². The van der Waals surface area contributed by atoms with Crippen LogP contribution in [0.3, 0.4) is 0 Å². The highest BCUT2D eigenvalue weighted by Crippen LogP contribution is 2.42. The van der Waals surface area contributed by atoms with E-state index in [1.54, 1.807) is 71.1 Å². The first-order valence-electron chi connectivity index (χ1n) is 21.1. The van der Waals surface area contributed by atoms with Gasteiger partial charge in [-0.25, -0.2) is 0 Å². The third-order valence-corrected chi connectivity index (χ3v) is 11.9. The molecule has 0 aromatic heterocycles. The maximum Gasteiger partial charge on any atom is 0.258 e. The molecule has 0 radical (unpaired) electrons. The average molecular weight is 1030 g/mol. The van der Waals surface area contributed by atoms with Gasteiger partial charge in [-0.1, -0.05) is 53.8 Å². The molecule has 0 saturated heterocycles. The number of hydrogen-bond acceptors (Lipinski definition) is 12. The number of carbonyl (C=O) groups is 6. The molecule has 348 valence electrons. The predicted octanol–water partition coefficient (Wildman–Crippen LogP) is 2.36. The number of aromatic hydroxyl groups is 1. The number of likely N-dealkylation sites (N-methyl/N-ethyl adjacent to an activating group) is 1. The second-order valence-electron chi connectivity index (χ2n) is 15.5. The summed E-state index contributed by atoms with van der Waals surface area (Å²) in [4.78, 5) is 83.9. The molecule has 5 amide bonds. The number of phenols is 1. The van der Waals surface area contributed by atoms with Crippen LogP contribution >= 0.6 is 34.2 Å². The number of phenolic OH excluding ortho intramolecular Hbond substituents is 1. The maximum atomic E-state index is 14.8. The molecule has 1 heterocycles. The van der Waals surface area contributed by atoms with E-state index in [2.05, 4.69) is 33.1 Å². The van der Waals surface area contributed by atoms with Crippen LogP contribution in [0.2, 0.25) is 5.02 Å². The van der Waals surface area contributed by atoms with Crippen molar-refractivity contribution in [3.63, 3.8) is 0 Å². The molecule has 4 aromatic rings. The number of amides is 5. The number of unbranched alkanes of at least 4 members (excludes halogenated alkanes) is 1. The number of nitrogens with one attached hydrogen (secondary N) is 4. The summed E-state index contributed by atoms with van der Waals surface area (Å²) in [6, 6.07) is 16.6. The van der Waals surface area contributed by atoms with Crippen molar-refractivity contribution in [2.75, 3.05) is 33.3 Å². The number of fused-ring (bicyclic) bond motifs is 5. The molecule has 4 bridgehead atoms. The van der Waals surface area contributed by atoms with Gasteiger partial charge in [0.2, 0.25) is 21.5 Å². The van der Waals surface area contributed by atoms with Crippen LogP contribution < -0.4 is 48.9 Å². The van der Waals surface area contributed by atoms with Gasteiger partial charge in [0.1, 0.15) is 36.2 Å². The molecule has 5 atom stereocenters. The van der Waals surface area contributed by atoms with E-state index < -0.39 is 59.9 Å². The molecule has 1 aliphatic rings. The van der Waals surface area contributed by atoms with Crippen molar-refractivity contribution in [1.29, 1.82) is 0 Å². The van der Waals surface area contributed by atoms with Gasteiger partial charge in [-0.15, -0.1) is 0 Å². The van der Waals surface area contributed by atoms with Gasteiger partial charge in [-0.2, -0.15) is 0 Å². The fourth-order valence-corrected chi connectivity index (χ4v) is 7.52. The van der Waals surface area contributed by atoms with E-state index in [4.69, 9.17) is 39.3 Å². The number of carbonyl (C=O) groups excluding carboxylic acids is 6. The van der Waals surface area contributed by atoms with Crippen LogP contribution in [0.1, 0.15) is 59.3 Å². The first-order chi connectivity index (χ1) is 31.6. The van der Waals surface area contributed by atoms with Crippen LogP contribution in [0.15, 0.2) is 78.9 Å². The average Bonchev–Trinajstić information content (AvgIpc) is 3.29. The van der Waals surface area contributed by atoms with E-state index in [-0.39, 0.29) is 75.6 Å². The van der Waals surface area contributed by atoms with Gasteiger partial charge in [0, 0.05) is 64.3 Å². The van der Waals surface area contributed by atoms with Crippen LogP contribution in [0, 0.1) is 11.8 Å². The fraction of sp³-hybridized carbons (Fsp3) is 0.319. The van der Waals surface area contributed by atoms with E-state index in [1.807, 2.05) is 12.1 Å². The first-order valence-corrected chi connectivity index (χ1v) is 22.5. The number of ether oxygens (including phenoxy) is 1. The van der Waals surface area contributed by atoms with Crippen molar-refractivity contribution >= 4 is 67.5 Å². The molecular weight excluding hydrogens is 981 g/mol. The molecule has 66 heavy (non-hydrogen) atoms. The van der Waals surface area contributed by atoms with Gasteiger partial charge in [-0.3, -0.25) is 28.8 Å². The number of hydrogen-bond donors (Lipinski definition) is 9.